The van der Waals surface area contributed by atoms with Crippen LogP contribution in [0.5, 0.6) is 0 Å². The number of carbonyl (C=O) groups excluding carboxylic acids is 2. The van der Waals surface area contributed by atoms with Crippen LogP contribution in [0.4, 0.5) is 0 Å². The van der Waals surface area contributed by atoms with Gasteiger partial charge in [0.15, 0.2) is 0 Å². The number of rotatable bonds is 3. The van der Waals surface area contributed by atoms with Crippen molar-refractivity contribution < 1.29 is 14.3 Å². The van der Waals surface area contributed by atoms with Crippen molar-refractivity contribution in [1.29, 1.82) is 0 Å². The summed E-state index contributed by atoms with van der Waals surface area (Å²) >= 11 is 0. The van der Waals surface area contributed by atoms with Gasteiger partial charge in [-0.1, -0.05) is 24.3 Å². The summed E-state index contributed by atoms with van der Waals surface area (Å²) in [5.74, 6) is 0.0119. The molecule has 128 valence electrons. The lowest BCUT2D eigenvalue weighted by Gasteiger charge is -2.34. The van der Waals surface area contributed by atoms with Gasteiger partial charge >= 0.3 is 0 Å². The second-order valence-corrected chi connectivity index (χ2v) is 7.07. The van der Waals surface area contributed by atoms with E-state index < -0.39 is 5.41 Å². The van der Waals surface area contributed by atoms with Crippen LogP contribution in [0.3, 0.4) is 0 Å². The summed E-state index contributed by atoms with van der Waals surface area (Å²) in [6.45, 7) is 4.48. The van der Waals surface area contributed by atoms with E-state index in [0.29, 0.717) is 13.0 Å². The lowest BCUT2D eigenvalue weighted by Crippen LogP contribution is -2.45. The number of morpholine rings is 1. The maximum atomic E-state index is 13.2. The van der Waals surface area contributed by atoms with E-state index in [1.54, 1.807) is 0 Å². The van der Waals surface area contributed by atoms with Crippen molar-refractivity contribution in [2.75, 3.05) is 39.4 Å². The smallest absolute Gasteiger partial charge is 0.240 e. The molecule has 1 unspecified atom stereocenters. The molecule has 0 bridgehead atoms. The van der Waals surface area contributed by atoms with Gasteiger partial charge in [-0.3, -0.25) is 19.4 Å². The molecule has 2 saturated heterocycles. The van der Waals surface area contributed by atoms with Gasteiger partial charge in [0.2, 0.25) is 11.8 Å². The quantitative estimate of drug-likeness (QED) is 0.786. The van der Waals surface area contributed by atoms with Crippen molar-refractivity contribution in [1.82, 2.24) is 9.80 Å². The Labute approximate surface area is 142 Å². The van der Waals surface area contributed by atoms with Gasteiger partial charge in [-0.15, -0.1) is 0 Å². The Kier molecular flexibility index (Phi) is 4.14. The van der Waals surface area contributed by atoms with Crippen molar-refractivity contribution >= 4 is 11.8 Å². The number of hydrogen-bond acceptors (Lipinski definition) is 4. The lowest BCUT2D eigenvalue weighted by atomic mass is 9.69. The third kappa shape index (κ3) is 2.56. The van der Waals surface area contributed by atoms with Gasteiger partial charge in [0.1, 0.15) is 0 Å². The van der Waals surface area contributed by atoms with Gasteiger partial charge in [-0.25, -0.2) is 0 Å². The number of benzene rings is 1. The topological polar surface area (TPSA) is 49.9 Å². The highest BCUT2D eigenvalue weighted by Crippen LogP contribution is 2.45. The zero-order valence-corrected chi connectivity index (χ0v) is 14.0. The fourth-order valence-electron chi connectivity index (χ4n) is 4.42. The molecule has 24 heavy (non-hydrogen) atoms. The molecule has 4 rings (SSSR count). The minimum atomic E-state index is -0.600. The summed E-state index contributed by atoms with van der Waals surface area (Å²) in [5, 5.41) is 0. The number of fused-ring (bicyclic) bond motifs is 2. The fraction of sp³-hybridized carbons (Fsp3) is 0.579. The zero-order valence-electron chi connectivity index (χ0n) is 14.0. The van der Waals surface area contributed by atoms with Crippen LogP contribution in [0.25, 0.3) is 0 Å². The summed E-state index contributed by atoms with van der Waals surface area (Å²) in [4.78, 5) is 29.6. The SMILES string of the molecule is O=C1CC2(CCCc3ccccc32)C(=O)N1CCN1CCOCC1. The summed E-state index contributed by atoms with van der Waals surface area (Å²) in [6, 6.07) is 8.16. The molecule has 1 atom stereocenters. The Morgan fingerprint density at radius 3 is 2.71 bits per heavy atom. The predicted octanol–water partition coefficient (Wildman–Crippen LogP) is 1.35. The normalized spacial score (nSPS) is 27.8. The summed E-state index contributed by atoms with van der Waals surface area (Å²) in [5.41, 5.74) is 1.72. The average molecular weight is 328 g/mol. The predicted molar refractivity (Wildman–Crippen MR) is 89.7 cm³/mol. The Morgan fingerprint density at radius 2 is 1.88 bits per heavy atom. The monoisotopic (exact) mass is 328 g/mol. The molecule has 0 saturated carbocycles. The molecule has 0 aromatic heterocycles. The van der Waals surface area contributed by atoms with Crippen LogP contribution in [0, 0.1) is 0 Å². The minimum absolute atomic E-state index is 0.00929. The number of likely N-dealkylation sites (tertiary alicyclic amines) is 1. The van der Waals surface area contributed by atoms with Crippen LogP contribution in [-0.4, -0.2) is 61.0 Å². The second kappa shape index (κ2) is 6.30. The first-order valence-electron chi connectivity index (χ1n) is 8.94. The summed E-state index contributed by atoms with van der Waals surface area (Å²) in [6.07, 6.45) is 3.12. The molecule has 1 spiro atoms. The van der Waals surface area contributed by atoms with Gasteiger partial charge < -0.3 is 4.74 Å². The van der Waals surface area contributed by atoms with E-state index in [1.807, 2.05) is 18.2 Å². The Balaban J connectivity index is 1.53. The molecule has 2 aliphatic heterocycles. The molecule has 2 fully saturated rings. The van der Waals surface area contributed by atoms with Crippen LogP contribution in [0.2, 0.25) is 0 Å². The zero-order chi connectivity index (χ0) is 16.6. The first-order chi connectivity index (χ1) is 11.7. The van der Waals surface area contributed by atoms with Crippen LogP contribution >= 0.6 is 0 Å². The van der Waals surface area contributed by atoms with Crippen molar-refractivity contribution in [2.45, 2.75) is 31.1 Å². The van der Waals surface area contributed by atoms with E-state index in [2.05, 4.69) is 11.0 Å². The van der Waals surface area contributed by atoms with E-state index in [1.165, 1.54) is 10.5 Å². The van der Waals surface area contributed by atoms with Crippen molar-refractivity contribution in [3.8, 4) is 0 Å². The molecule has 5 nitrogen and oxygen atoms in total. The highest BCUT2D eigenvalue weighted by atomic mass is 16.5. The first kappa shape index (κ1) is 15.8. The molecule has 1 aromatic rings. The van der Waals surface area contributed by atoms with E-state index in [-0.39, 0.29) is 11.8 Å². The largest absolute Gasteiger partial charge is 0.379 e. The van der Waals surface area contributed by atoms with Crippen molar-refractivity contribution in [3.63, 3.8) is 0 Å². The minimum Gasteiger partial charge on any atom is -0.379 e. The number of hydrogen-bond donors (Lipinski definition) is 0. The van der Waals surface area contributed by atoms with Gasteiger partial charge in [-0.2, -0.15) is 0 Å². The Bertz CT molecular complexity index is 654. The molecule has 3 aliphatic rings. The van der Waals surface area contributed by atoms with Crippen molar-refractivity contribution in [3.05, 3.63) is 35.4 Å². The van der Waals surface area contributed by atoms with Gasteiger partial charge in [0, 0.05) is 32.6 Å². The standard InChI is InChI=1S/C19H24N2O3/c22-17-14-19(7-3-5-15-4-1-2-6-16(15)19)18(23)21(17)9-8-20-10-12-24-13-11-20/h1-2,4,6H,3,5,7-14H2. The highest BCUT2D eigenvalue weighted by Gasteiger charge is 2.53. The number of carbonyl (C=O) groups is 2. The first-order valence-corrected chi connectivity index (χ1v) is 8.94. The van der Waals surface area contributed by atoms with E-state index >= 15 is 0 Å². The maximum absolute atomic E-state index is 13.2. The van der Waals surface area contributed by atoms with Gasteiger partial charge in [-0.05, 0) is 30.4 Å². The molecule has 2 heterocycles. The molecule has 0 N–H and O–H groups in total. The van der Waals surface area contributed by atoms with Gasteiger partial charge in [0.05, 0.1) is 18.6 Å². The highest BCUT2D eigenvalue weighted by molar-refractivity contribution is 6.09. The van der Waals surface area contributed by atoms with E-state index in [9.17, 15) is 9.59 Å². The molecule has 5 heteroatoms. The maximum Gasteiger partial charge on any atom is 0.240 e. The molecule has 1 aliphatic carbocycles. The number of ether oxygens (including phenoxy) is 1. The van der Waals surface area contributed by atoms with Crippen molar-refractivity contribution in [2.24, 2.45) is 0 Å². The van der Waals surface area contributed by atoms with E-state index in [4.69, 9.17) is 4.74 Å². The summed E-state index contributed by atoms with van der Waals surface area (Å²) < 4.78 is 5.35. The second-order valence-electron chi connectivity index (χ2n) is 7.07. The number of aryl methyl sites for hydroxylation is 1. The van der Waals surface area contributed by atoms with Crippen LogP contribution < -0.4 is 0 Å². The number of nitrogens with zero attached hydrogens (tertiary/aromatic N) is 2. The molecule has 1 aromatic carbocycles. The third-order valence-corrected chi connectivity index (χ3v) is 5.73. The van der Waals surface area contributed by atoms with Crippen LogP contribution in [-0.2, 0) is 26.2 Å². The lowest BCUT2D eigenvalue weighted by molar-refractivity contribution is -0.140. The Hall–Kier alpha value is -1.72. The number of imide groups is 1. The van der Waals surface area contributed by atoms with E-state index in [0.717, 1.165) is 57.7 Å². The Morgan fingerprint density at radius 1 is 1.08 bits per heavy atom. The van der Waals surface area contributed by atoms with Gasteiger partial charge in [0.25, 0.3) is 0 Å². The molecular weight excluding hydrogens is 304 g/mol. The molecule has 2 amide bonds. The third-order valence-electron chi connectivity index (χ3n) is 5.73. The van der Waals surface area contributed by atoms with Crippen LogP contribution in [0.1, 0.15) is 30.4 Å². The molecule has 0 radical (unpaired) electrons. The van der Waals surface area contributed by atoms with Crippen LogP contribution in [0.15, 0.2) is 24.3 Å². The summed E-state index contributed by atoms with van der Waals surface area (Å²) in [7, 11) is 0. The fourth-order valence-corrected chi connectivity index (χ4v) is 4.42. The number of amides is 2. The molecular formula is C19H24N2O3. The average Bonchev–Trinajstić information content (AvgIpc) is 2.85.